The number of nitriles is 1. The summed E-state index contributed by atoms with van der Waals surface area (Å²) in [5.74, 6) is 0.588. The van der Waals surface area contributed by atoms with Gasteiger partial charge in [-0.2, -0.15) is 5.26 Å². The Labute approximate surface area is 155 Å². The van der Waals surface area contributed by atoms with Crippen LogP contribution >= 0.6 is 11.6 Å². The van der Waals surface area contributed by atoms with E-state index in [-0.39, 0.29) is 0 Å². The monoisotopic (exact) mass is 363 g/mol. The maximum absolute atomic E-state index is 11.9. The molecule has 0 N–H and O–H groups in total. The molecule has 2 aromatic carbocycles. The van der Waals surface area contributed by atoms with Crippen molar-refractivity contribution < 1.29 is 13.9 Å². The molecule has 0 fully saturated rings. The number of carbonyl (C=O) groups is 1. The minimum atomic E-state index is -0.437. The quantitative estimate of drug-likeness (QED) is 0.456. The molecule has 4 nitrogen and oxygen atoms in total. The zero-order valence-electron chi connectivity index (χ0n) is 13.9. The Hall–Kier alpha value is -3.29. The number of carbonyl (C=O) groups excluding carboxylic acids is 1. The van der Waals surface area contributed by atoms with Gasteiger partial charge >= 0.3 is 5.97 Å². The van der Waals surface area contributed by atoms with Gasteiger partial charge in [0.25, 0.3) is 0 Å². The van der Waals surface area contributed by atoms with Crippen molar-refractivity contribution in [1.29, 1.82) is 5.26 Å². The first-order valence-corrected chi connectivity index (χ1v) is 8.15. The molecule has 0 aliphatic carbocycles. The predicted molar refractivity (Wildman–Crippen MR) is 100 cm³/mol. The van der Waals surface area contributed by atoms with E-state index in [4.69, 9.17) is 20.8 Å². The molecule has 0 atom stereocenters. The average molecular weight is 364 g/mol. The Balaban J connectivity index is 1.97. The van der Waals surface area contributed by atoms with Gasteiger partial charge in [-0.1, -0.05) is 41.9 Å². The first-order valence-electron chi connectivity index (χ1n) is 7.77. The zero-order chi connectivity index (χ0) is 18.5. The van der Waals surface area contributed by atoms with Crippen molar-refractivity contribution in [3.63, 3.8) is 0 Å². The molecule has 0 aliphatic heterocycles. The van der Waals surface area contributed by atoms with Gasteiger partial charge in [0.1, 0.15) is 11.5 Å². The van der Waals surface area contributed by atoms with Gasteiger partial charge in [-0.05, 0) is 42.0 Å². The van der Waals surface area contributed by atoms with E-state index in [1.165, 1.54) is 7.11 Å². The maximum atomic E-state index is 11.9. The van der Waals surface area contributed by atoms with Gasteiger partial charge in [-0.15, -0.1) is 0 Å². The van der Waals surface area contributed by atoms with Crippen LogP contribution in [0.3, 0.4) is 0 Å². The Morgan fingerprint density at radius 2 is 1.85 bits per heavy atom. The number of rotatable bonds is 4. The Morgan fingerprint density at radius 1 is 1.12 bits per heavy atom. The molecule has 1 heterocycles. The van der Waals surface area contributed by atoms with E-state index in [9.17, 15) is 10.1 Å². The summed E-state index contributed by atoms with van der Waals surface area (Å²) < 4.78 is 10.6. The molecule has 3 aromatic rings. The summed E-state index contributed by atoms with van der Waals surface area (Å²) in [6, 6.07) is 19.7. The summed E-state index contributed by atoms with van der Waals surface area (Å²) >= 11 is 5.88. The summed E-state index contributed by atoms with van der Waals surface area (Å²) in [4.78, 5) is 11.9. The highest BCUT2D eigenvalue weighted by Crippen LogP contribution is 2.28. The predicted octanol–water partition coefficient (Wildman–Crippen LogP) is 5.45. The van der Waals surface area contributed by atoms with Gasteiger partial charge < -0.3 is 9.15 Å². The van der Waals surface area contributed by atoms with Crippen molar-refractivity contribution in [3.05, 3.63) is 82.6 Å². The molecule has 0 saturated carbocycles. The molecule has 0 bridgehead atoms. The average Bonchev–Trinajstić information content (AvgIpc) is 3.15. The summed E-state index contributed by atoms with van der Waals surface area (Å²) in [6.07, 6.45) is 1.65. The van der Waals surface area contributed by atoms with Crippen molar-refractivity contribution >= 4 is 29.2 Å². The van der Waals surface area contributed by atoms with Gasteiger partial charge in [-0.25, -0.2) is 4.79 Å². The van der Waals surface area contributed by atoms with Gasteiger partial charge in [0, 0.05) is 10.6 Å². The van der Waals surface area contributed by atoms with Crippen LogP contribution in [0.4, 0.5) is 0 Å². The second-order valence-corrected chi connectivity index (χ2v) is 5.85. The standard InChI is InChI=1S/C21H14ClNO3/c1-25-21(24)19-5-3-2-4-18(19)20-11-10-17(26-20)12-15(13-23)14-6-8-16(22)9-7-14/h2-12H,1H3/b15-12+. The Morgan fingerprint density at radius 3 is 2.54 bits per heavy atom. The fourth-order valence-corrected chi connectivity index (χ4v) is 2.64. The van der Waals surface area contributed by atoms with Crippen LogP contribution in [-0.4, -0.2) is 13.1 Å². The normalized spacial score (nSPS) is 11.0. The number of hydrogen-bond donors (Lipinski definition) is 0. The number of ether oxygens (including phenoxy) is 1. The fourth-order valence-electron chi connectivity index (χ4n) is 2.51. The summed E-state index contributed by atoms with van der Waals surface area (Å²) in [6.45, 7) is 0. The zero-order valence-corrected chi connectivity index (χ0v) is 14.7. The summed E-state index contributed by atoms with van der Waals surface area (Å²) in [5, 5.41) is 10.0. The summed E-state index contributed by atoms with van der Waals surface area (Å²) in [5.41, 5.74) is 2.23. The molecule has 0 radical (unpaired) electrons. The highest BCUT2D eigenvalue weighted by atomic mass is 35.5. The Kier molecular flexibility index (Phi) is 5.21. The molecule has 0 aliphatic rings. The number of furan rings is 1. The van der Waals surface area contributed by atoms with Gasteiger partial charge in [-0.3, -0.25) is 0 Å². The molecular weight excluding hydrogens is 350 g/mol. The van der Waals surface area contributed by atoms with E-state index >= 15 is 0 Å². The first kappa shape index (κ1) is 17.5. The van der Waals surface area contributed by atoms with Crippen LogP contribution in [-0.2, 0) is 4.74 Å². The van der Waals surface area contributed by atoms with Crippen LogP contribution in [0.2, 0.25) is 5.02 Å². The van der Waals surface area contributed by atoms with Crippen LogP contribution in [0.15, 0.2) is 65.1 Å². The third-order valence-electron chi connectivity index (χ3n) is 3.79. The molecule has 1 aromatic heterocycles. The highest BCUT2D eigenvalue weighted by Gasteiger charge is 2.15. The SMILES string of the molecule is COC(=O)c1ccccc1-c1ccc(/C=C(\C#N)c2ccc(Cl)cc2)o1. The number of esters is 1. The minimum absolute atomic E-state index is 0.415. The molecule has 3 rings (SSSR count). The second-order valence-electron chi connectivity index (χ2n) is 5.42. The lowest BCUT2D eigenvalue weighted by atomic mass is 10.1. The van der Waals surface area contributed by atoms with Crippen LogP contribution in [0, 0.1) is 11.3 Å². The number of halogens is 1. The van der Waals surface area contributed by atoms with Crippen LogP contribution < -0.4 is 0 Å². The molecule has 0 amide bonds. The first-order chi connectivity index (χ1) is 12.6. The molecular formula is C21H14ClNO3. The van der Waals surface area contributed by atoms with Gasteiger partial charge in [0.2, 0.25) is 0 Å². The molecule has 0 saturated heterocycles. The van der Waals surface area contributed by atoms with E-state index < -0.39 is 5.97 Å². The van der Waals surface area contributed by atoms with E-state index in [0.717, 1.165) is 5.56 Å². The van der Waals surface area contributed by atoms with E-state index in [0.29, 0.717) is 33.2 Å². The molecule has 26 heavy (non-hydrogen) atoms. The molecule has 0 unspecified atom stereocenters. The minimum Gasteiger partial charge on any atom is -0.465 e. The van der Waals surface area contributed by atoms with Crippen molar-refractivity contribution in [3.8, 4) is 17.4 Å². The van der Waals surface area contributed by atoms with E-state index in [2.05, 4.69) is 6.07 Å². The third-order valence-corrected chi connectivity index (χ3v) is 4.04. The second kappa shape index (κ2) is 7.73. The topological polar surface area (TPSA) is 63.2 Å². The number of methoxy groups -OCH3 is 1. The summed E-state index contributed by atoms with van der Waals surface area (Å²) in [7, 11) is 1.33. The van der Waals surface area contributed by atoms with Crippen molar-refractivity contribution in [2.45, 2.75) is 0 Å². The number of hydrogen-bond acceptors (Lipinski definition) is 4. The molecule has 0 spiro atoms. The van der Waals surface area contributed by atoms with Gasteiger partial charge in [0.05, 0.1) is 24.3 Å². The highest BCUT2D eigenvalue weighted by molar-refractivity contribution is 6.30. The maximum Gasteiger partial charge on any atom is 0.338 e. The third kappa shape index (κ3) is 3.69. The number of allylic oxidation sites excluding steroid dienone is 1. The van der Waals surface area contributed by atoms with E-state index in [1.807, 2.05) is 6.07 Å². The van der Waals surface area contributed by atoms with E-state index in [1.54, 1.807) is 60.7 Å². The van der Waals surface area contributed by atoms with Crippen LogP contribution in [0.5, 0.6) is 0 Å². The smallest absolute Gasteiger partial charge is 0.338 e. The van der Waals surface area contributed by atoms with Crippen LogP contribution in [0.25, 0.3) is 23.0 Å². The lowest BCUT2D eigenvalue weighted by Crippen LogP contribution is -2.02. The number of nitrogens with zero attached hydrogens (tertiary/aromatic N) is 1. The van der Waals surface area contributed by atoms with Crippen molar-refractivity contribution in [1.82, 2.24) is 0 Å². The Bertz CT molecular complexity index is 1010. The molecule has 128 valence electrons. The lowest BCUT2D eigenvalue weighted by Gasteiger charge is -2.04. The van der Waals surface area contributed by atoms with Crippen molar-refractivity contribution in [2.24, 2.45) is 0 Å². The number of benzene rings is 2. The lowest BCUT2D eigenvalue weighted by molar-refractivity contribution is 0.0601. The van der Waals surface area contributed by atoms with Gasteiger partial charge in [0.15, 0.2) is 0 Å². The van der Waals surface area contributed by atoms with Crippen molar-refractivity contribution in [2.75, 3.05) is 7.11 Å². The van der Waals surface area contributed by atoms with Crippen LogP contribution in [0.1, 0.15) is 21.7 Å². The largest absolute Gasteiger partial charge is 0.465 e. The fraction of sp³-hybridized carbons (Fsp3) is 0.0476. The molecule has 5 heteroatoms.